The van der Waals surface area contributed by atoms with Gasteiger partial charge in [0.25, 0.3) is 0 Å². The molecule has 0 saturated heterocycles. The molecule has 2 N–H and O–H groups in total. The Balaban J connectivity index is 0.00000243. The molecule has 6 nitrogen and oxygen atoms in total. The fourth-order valence-electron chi connectivity index (χ4n) is 3.08. The van der Waals surface area contributed by atoms with Gasteiger partial charge >= 0.3 is 0 Å². The van der Waals surface area contributed by atoms with E-state index in [1.807, 2.05) is 29.9 Å². The van der Waals surface area contributed by atoms with E-state index in [0.717, 1.165) is 24.2 Å². The zero-order valence-electron chi connectivity index (χ0n) is 15.7. The van der Waals surface area contributed by atoms with Crippen molar-refractivity contribution in [3.63, 3.8) is 0 Å². The molecule has 0 aliphatic heterocycles. The first-order chi connectivity index (χ1) is 12.1. The number of aryl methyl sites for hydroxylation is 1. The Morgan fingerprint density at radius 2 is 2.15 bits per heavy atom. The molecule has 1 fully saturated rings. The molecule has 0 aromatic carbocycles. The van der Waals surface area contributed by atoms with Gasteiger partial charge in [0, 0.05) is 30.4 Å². The van der Waals surface area contributed by atoms with E-state index in [1.165, 1.54) is 30.6 Å². The number of hydrogen-bond acceptors (Lipinski definition) is 4. The molecular weight excluding hydrogens is 459 g/mol. The summed E-state index contributed by atoms with van der Waals surface area (Å²) >= 11 is 1.81. The molecule has 2 aromatic rings. The van der Waals surface area contributed by atoms with Crippen molar-refractivity contribution in [2.24, 2.45) is 12.0 Å². The van der Waals surface area contributed by atoms with Gasteiger partial charge in [-0.1, -0.05) is 25.8 Å². The van der Waals surface area contributed by atoms with Gasteiger partial charge in [0.2, 0.25) is 0 Å². The van der Waals surface area contributed by atoms with Crippen LogP contribution in [0, 0.1) is 6.92 Å². The van der Waals surface area contributed by atoms with E-state index in [4.69, 9.17) is 4.99 Å². The molecule has 1 aliphatic carbocycles. The maximum atomic E-state index is 4.76. The van der Waals surface area contributed by atoms with Gasteiger partial charge in [-0.25, -0.2) is 4.99 Å². The normalized spacial score (nSPS) is 16.3. The van der Waals surface area contributed by atoms with Gasteiger partial charge in [-0.3, -0.25) is 0 Å². The summed E-state index contributed by atoms with van der Waals surface area (Å²) in [6.45, 7) is 5.61. The molecule has 0 radical (unpaired) electrons. The van der Waals surface area contributed by atoms with Crippen molar-refractivity contribution in [1.82, 2.24) is 25.4 Å². The van der Waals surface area contributed by atoms with Crippen molar-refractivity contribution in [1.29, 1.82) is 0 Å². The number of aliphatic imine (C=N–C) groups is 1. The second-order valence-electron chi connectivity index (χ2n) is 6.81. The van der Waals surface area contributed by atoms with Crippen LogP contribution >= 0.6 is 35.3 Å². The van der Waals surface area contributed by atoms with E-state index in [0.29, 0.717) is 18.5 Å². The summed E-state index contributed by atoms with van der Waals surface area (Å²) in [6, 6.07) is 4.84. The highest BCUT2D eigenvalue weighted by Gasteiger charge is 2.17. The minimum absolute atomic E-state index is 0. The van der Waals surface area contributed by atoms with Crippen molar-refractivity contribution in [3.05, 3.63) is 34.0 Å². The quantitative estimate of drug-likeness (QED) is 0.371. The number of rotatable bonds is 6. The fourth-order valence-corrected chi connectivity index (χ4v) is 3.86. The van der Waals surface area contributed by atoms with Gasteiger partial charge in [-0.05, 0) is 31.2 Å². The van der Waals surface area contributed by atoms with E-state index >= 15 is 0 Å². The third-order valence-corrected chi connectivity index (χ3v) is 5.97. The average molecular weight is 488 g/mol. The number of guanidine groups is 1. The van der Waals surface area contributed by atoms with Gasteiger partial charge in [-0.15, -0.1) is 45.5 Å². The smallest absolute Gasteiger partial charge is 0.191 e. The van der Waals surface area contributed by atoms with E-state index in [-0.39, 0.29) is 24.0 Å². The van der Waals surface area contributed by atoms with Crippen LogP contribution in [-0.2, 0) is 13.6 Å². The predicted octanol–water partition coefficient (Wildman–Crippen LogP) is 3.58. The predicted molar refractivity (Wildman–Crippen MR) is 118 cm³/mol. The third kappa shape index (κ3) is 5.67. The second kappa shape index (κ2) is 10.2. The summed E-state index contributed by atoms with van der Waals surface area (Å²) in [4.78, 5) is 6.16. The number of nitrogens with one attached hydrogen (secondary N) is 2. The van der Waals surface area contributed by atoms with Crippen LogP contribution in [0.2, 0.25) is 0 Å². The average Bonchev–Trinajstić information content (AvgIpc) is 3.35. The summed E-state index contributed by atoms with van der Waals surface area (Å²) in [7, 11) is 1.98. The van der Waals surface area contributed by atoms with Crippen molar-refractivity contribution < 1.29 is 0 Å². The van der Waals surface area contributed by atoms with E-state index in [1.54, 1.807) is 0 Å². The topological polar surface area (TPSA) is 67.1 Å². The highest BCUT2D eigenvalue weighted by atomic mass is 127. The fraction of sp³-hybridized carbons (Fsp3) is 0.611. The molecule has 0 amide bonds. The zero-order chi connectivity index (χ0) is 17.6. The van der Waals surface area contributed by atoms with Gasteiger partial charge in [0.05, 0.1) is 0 Å². The Morgan fingerprint density at radius 3 is 2.77 bits per heavy atom. The summed E-state index contributed by atoms with van der Waals surface area (Å²) < 4.78 is 1.99. The SMILES string of the molecule is Cc1nnc(CN=C(NCC(C)c2cccs2)NC2CCCC2)n1C.I. The maximum absolute atomic E-state index is 4.76. The molecule has 2 heterocycles. The summed E-state index contributed by atoms with van der Waals surface area (Å²) in [6.07, 6.45) is 5.06. The lowest BCUT2D eigenvalue weighted by Crippen LogP contribution is -2.43. The Hall–Kier alpha value is -1.16. The first-order valence-corrected chi connectivity index (χ1v) is 9.94. The van der Waals surface area contributed by atoms with Gasteiger partial charge in [-0.2, -0.15) is 0 Å². The largest absolute Gasteiger partial charge is 0.356 e. The maximum Gasteiger partial charge on any atom is 0.191 e. The first kappa shape index (κ1) is 21.1. The first-order valence-electron chi connectivity index (χ1n) is 9.06. The second-order valence-corrected chi connectivity index (χ2v) is 7.79. The minimum atomic E-state index is 0. The Kier molecular flexibility index (Phi) is 8.33. The molecule has 0 bridgehead atoms. The highest BCUT2D eigenvalue weighted by Crippen LogP contribution is 2.20. The summed E-state index contributed by atoms with van der Waals surface area (Å²) in [5.74, 6) is 3.15. The monoisotopic (exact) mass is 488 g/mol. The van der Waals surface area contributed by atoms with Crippen molar-refractivity contribution in [2.45, 2.75) is 58.0 Å². The van der Waals surface area contributed by atoms with Crippen LogP contribution in [0.25, 0.3) is 0 Å². The van der Waals surface area contributed by atoms with Gasteiger partial charge in [0.15, 0.2) is 11.8 Å². The van der Waals surface area contributed by atoms with Crippen LogP contribution in [0.15, 0.2) is 22.5 Å². The number of halogens is 1. The molecule has 0 spiro atoms. The molecule has 144 valence electrons. The third-order valence-electron chi connectivity index (χ3n) is 4.86. The number of nitrogens with zero attached hydrogens (tertiary/aromatic N) is 4. The number of hydrogen-bond donors (Lipinski definition) is 2. The molecule has 2 aromatic heterocycles. The minimum Gasteiger partial charge on any atom is -0.356 e. The van der Waals surface area contributed by atoms with E-state index in [9.17, 15) is 0 Å². The summed E-state index contributed by atoms with van der Waals surface area (Å²) in [5.41, 5.74) is 0. The van der Waals surface area contributed by atoms with Crippen LogP contribution in [0.4, 0.5) is 0 Å². The van der Waals surface area contributed by atoms with Crippen molar-refractivity contribution in [3.8, 4) is 0 Å². The van der Waals surface area contributed by atoms with Crippen LogP contribution in [0.5, 0.6) is 0 Å². The van der Waals surface area contributed by atoms with Crippen LogP contribution in [-0.4, -0.2) is 33.3 Å². The molecule has 1 atom stereocenters. The van der Waals surface area contributed by atoms with Gasteiger partial charge < -0.3 is 15.2 Å². The van der Waals surface area contributed by atoms with E-state index < -0.39 is 0 Å². The van der Waals surface area contributed by atoms with Crippen molar-refractivity contribution >= 4 is 41.3 Å². The lowest BCUT2D eigenvalue weighted by molar-refractivity contribution is 0.603. The van der Waals surface area contributed by atoms with Crippen LogP contribution in [0.1, 0.15) is 55.1 Å². The Bertz CT molecular complexity index is 691. The molecule has 26 heavy (non-hydrogen) atoms. The number of aromatic nitrogens is 3. The lowest BCUT2D eigenvalue weighted by atomic mass is 10.1. The Labute approximate surface area is 176 Å². The standard InChI is InChI=1S/C18H28N6S.HI/c1-13(16-9-6-10-25-16)11-19-18(21-15-7-4-5-8-15)20-12-17-23-22-14(2)24(17)3;/h6,9-10,13,15H,4-5,7-8,11-12H2,1-3H3,(H2,19,20,21);1H. The van der Waals surface area contributed by atoms with E-state index in [2.05, 4.69) is 45.3 Å². The Morgan fingerprint density at radius 1 is 1.38 bits per heavy atom. The lowest BCUT2D eigenvalue weighted by Gasteiger charge is -2.19. The molecule has 1 aliphatic rings. The van der Waals surface area contributed by atoms with Crippen LogP contribution in [0.3, 0.4) is 0 Å². The molecule has 3 rings (SSSR count). The molecule has 1 saturated carbocycles. The highest BCUT2D eigenvalue weighted by molar-refractivity contribution is 14.0. The van der Waals surface area contributed by atoms with Crippen LogP contribution < -0.4 is 10.6 Å². The molecule has 1 unspecified atom stereocenters. The van der Waals surface area contributed by atoms with Crippen molar-refractivity contribution in [2.75, 3.05) is 6.54 Å². The molecular formula is C18H29IN6S. The molecule has 8 heteroatoms. The summed E-state index contributed by atoms with van der Waals surface area (Å²) in [5, 5.41) is 17.6. The number of thiophene rings is 1. The van der Waals surface area contributed by atoms with Gasteiger partial charge in [0.1, 0.15) is 12.4 Å². The zero-order valence-corrected chi connectivity index (χ0v) is 18.9.